The Morgan fingerprint density at radius 2 is 2.07 bits per heavy atom. The molecule has 0 aromatic rings. The molecule has 0 bridgehead atoms. The van der Waals surface area contributed by atoms with E-state index in [9.17, 15) is 9.59 Å². The van der Waals surface area contributed by atoms with Crippen molar-refractivity contribution in [2.75, 3.05) is 19.8 Å². The van der Waals surface area contributed by atoms with Gasteiger partial charge in [0.05, 0.1) is 6.61 Å². The molecule has 0 saturated heterocycles. The Labute approximate surface area is 88.1 Å². The van der Waals surface area contributed by atoms with Gasteiger partial charge in [0.15, 0.2) is 0 Å². The van der Waals surface area contributed by atoms with Crippen molar-refractivity contribution >= 4 is 11.9 Å². The first kappa shape index (κ1) is 11.7. The van der Waals surface area contributed by atoms with E-state index in [1.54, 1.807) is 0 Å². The number of carboxylic acid groups (broad SMARTS) is 1. The average molecular weight is 213 g/mol. The summed E-state index contributed by atoms with van der Waals surface area (Å²) >= 11 is 0. The van der Waals surface area contributed by atoms with Crippen LogP contribution in [0.2, 0.25) is 0 Å². The molecule has 5 heteroatoms. The Bertz CT molecular complexity index is 254. The van der Waals surface area contributed by atoms with Gasteiger partial charge in [-0.3, -0.25) is 4.79 Å². The zero-order chi connectivity index (χ0) is 11.1. The lowest BCUT2D eigenvalue weighted by Gasteiger charge is -2.09. The molecule has 0 fully saturated rings. The van der Waals surface area contributed by atoms with Crippen molar-refractivity contribution in [2.24, 2.45) is 5.92 Å². The second-order valence-electron chi connectivity index (χ2n) is 3.38. The van der Waals surface area contributed by atoms with Crippen molar-refractivity contribution in [1.82, 2.24) is 5.32 Å². The first-order chi connectivity index (χ1) is 7.20. The molecule has 0 heterocycles. The lowest BCUT2D eigenvalue weighted by atomic mass is 10.1. The minimum atomic E-state index is -0.999. The van der Waals surface area contributed by atoms with Crippen molar-refractivity contribution in [2.45, 2.75) is 12.8 Å². The fraction of sp³-hybridized carbons (Fsp3) is 0.600. The van der Waals surface area contributed by atoms with E-state index in [4.69, 9.17) is 9.84 Å². The largest absolute Gasteiger partial charge is 0.480 e. The van der Waals surface area contributed by atoms with Crippen LogP contribution in [0.3, 0.4) is 0 Å². The van der Waals surface area contributed by atoms with Gasteiger partial charge in [-0.1, -0.05) is 12.2 Å². The molecule has 15 heavy (non-hydrogen) atoms. The van der Waals surface area contributed by atoms with Crippen LogP contribution in [-0.4, -0.2) is 36.7 Å². The molecule has 0 spiro atoms. The highest BCUT2D eigenvalue weighted by Gasteiger charge is 2.18. The van der Waals surface area contributed by atoms with E-state index >= 15 is 0 Å². The number of carbonyl (C=O) groups is 2. The van der Waals surface area contributed by atoms with Gasteiger partial charge in [0, 0.05) is 12.5 Å². The molecule has 0 atom stereocenters. The monoisotopic (exact) mass is 213 g/mol. The van der Waals surface area contributed by atoms with Gasteiger partial charge in [0.25, 0.3) is 0 Å². The second kappa shape index (κ2) is 6.19. The van der Waals surface area contributed by atoms with E-state index < -0.39 is 5.97 Å². The van der Waals surface area contributed by atoms with Gasteiger partial charge in [0.2, 0.25) is 5.91 Å². The van der Waals surface area contributed by atoms with E-state index in [1.807, 2.05) is 12.2 Å². The lowest BCUT2D eigenvalue weighted by molar-refractivity contribution is -0.142. The van der Waals surface area contributed by atoms with Crippen LogP contribution in [-0.2, 0) is 14.3 Å². The second-order valence-corrected chi connectivity index (χ2v) is 3.38. The standard InChI is InChI=1S/C10H15NO4/c12-9(13)7-15-6-5-11-10(14)8-3-1-2-4-8/h1-2,8H,3-7H2,(H,11,14)(H,12,13). The van der Waals surface area contributed by atoms with Gasteiger partial charge in [-0.2, -0.15) is 0 Å². The number of hydrogen-bond donors (Lipinski definition) is 2. The number of carboxylic acids is 1. The molecule has 0 saturated carbocycles. The Hall–Kier alpha value is -1.36. The van der Waals surface area contributed by atoms with Gasteiger partial charge in [-0.05, 0) is 12.8 Å². The zero-order valence-corrected chi connectivity index (χ0v) is 8.44. The maximum Gasteiger partial charge on any atom is 0.329 e. The van der Waals surface area contributed by atoms with Crippen LogP contribution < -0.4 is 5.32 Å². The molecular weight excluding hydrogens is 198 g/mol. The van der Waals surface area contributed by atoms with Crippen molar-refractivity contribution in [3.05, 3.63) is 12.2 Å². The molecule has 2 N–H and O–H groups in total. The SMILES string of the molecule is O=C(O)COCCNC(=O)C1CC=CC1. The van der Waals surface area contributed by atoms with E-state index in [0.717, 1.165) is 12.8 Å². The van der Waals surface area contributed by atoms with Crippen LogP contribution in [0.4, 0.5) is 0 Å². The topological polar surface area (TPSA) is 75.6 Å². The van der Waals surface area contributed by atoms with Gasteiger partial charge in [-0.25, -0.2) is 4.79 Å². The molecule has 0 radical (unpaired) electrons. The number of aliphatic carboxylic acids is 1. The molecule has 0 aromatic heterocycles. The molecule has 1 aliphatic rings. The summed E-state index contributed by atoms with van der Waals surface area (Å²) in [5.74, 6) is -0.940. The molecular formula is C10H15NO4. The quantitative estimate of drug-likeness (QED) is 0.487. The lowest BCUT2D eigenvalue weighted by Crippen LogP contribution is -2.32. The molecule has 0 unspecified atom stereocenters. The summed E-state index contributed by atoms with van der Waals surface area (Å²) in [4.78, 5) is 21.5. The number of carbonyl (C=O) groups excluding carboxylic acids is 1. The van der Waals surface area contributed by atoms with Gasteiger partial charge < -0.3 is 15.2 Å². The summed E-state index contributed by atoms with van der Waals surface area (Å²) in [6, 6.07) is 0. The van der Waals surface area contributed by atoms with Crippen molar-refractivity contribution in [1.29, 1.82) is 0 Å². The van der Waals surface area contributed by atoms with E-state index in [1.165, 1.54) is 0 Å². The maximum absolute atomic E-state index is 11.4. The first-order valence-corrected chi connectivity index (χ1v) is 4.92. The Morgan fingerprint density at radius 3 is 2.67 bits per heavy atom. The Balaban J connectivity index is 1.99. The van der Waals surface area contributed by atoms with Crippen LogP contribution in [0.25, 0.3) is 0 Å². The number of allylic oxidation sites excluding steroid dienone is 2. The summed E-state index contributed by atoms with van der Waals surface area (Å²) in [7, 11) is 0. The fourth-order valence-corrected chi connectivity index (χ4v) is 1.38. The number of rotatable bonds is 6. The minimum absolute atomic E-state index is 0.0129. The van der Waals surface area contributed by atoms with Gasteiger partial charge >= 0.3 is 5.97 Å². The van der Waals surface area contributed by atoms with E-state index in [0.29, 0.717) is 6.54 Å². The fourth-order valence-electron chi connectivity index (χ4n) is 1.38. The highest BCUT2D eigenvalue weighted by molar-refractivity contribution is 5.79. The number of amides is 1. The average Bonchev–Trinajstić information content (AvgIpc) is 2.69. The molecule has 5 nitrogen and oxygen atoms in total. The summed E-state index contributed by atoms with van der Waals surface area (Å²) in [6.07, 6.45) is 5.57. The number of ether oxygens (including phenoxy) is 1. The highest BCUT2D eigenvalue weighted by atomic mass is 16.5. The smallest absolute Gasteiger partial charge is 0.329 e. The molecule has 0 aliphatic heterocycles. The number of hydrogen-bond acceptors (Lipinski definition) is 3. The van der Waals surface area contributed by atoms with Crippen LogP contribution in [0.1, 0.15) is 12.8 Å². The predicted octanol–water partition coefficient (Wildman–Crippen LogP) is 0.170. The van der Waals surface area contributed by atoms with E-state index in [2.05, 4.69) is 5.32 Å². The summed E-state index contributed by atoms with van der Waals surface area (Å²) < 4.78 is 4.78. The van der Waals surface area contributed by atoms with Gasteiger partial charge in [-0.15, -0.1) is 0 Å². The maximum atomic E-state index is 11.4. The normalized spacial score (nSPS) is 15.5. The van der Waals surface area contributed by atoms with Crippen LogP contribution in [0.5, 0.6) is 0 Å². The summed E-state index contributed by atoms with van der Waals surface area (Å²) in [5, 5.41) is 11.0. The van der Waals surface area contributed by atoms with Gasteiger partial charge in [0.1, 0.15) is 6.61 Å². The zero-order valence-electron chi connectivity index (χ0n) is 8.44. The molecule has 1 rings (SSSR count). The Kier molecular flexibility index (Phi) is 4.83. The summed E-state index contributed by atoms with van der Waals surface area (Å²) in [6.45, 7) is 0.279. The molecule has 84 valence electrons. The van der Waals surface area contributed by atoms with Crippen molar-refractivity contribution in [3.8, 4) is 0 Å². The Morgan fingerprint density at radius 1 is 1.40 bits per heavy atom. The predicted molar refractivity (Wildman–Crippen MR) is 53.3 cm³/mol. The van der Waals surface area contributed by atoms with Crippen molar-refractivity contribution < 1.29 is 19.4 Å². The van der Waals surface area contributed by atoms with Crippen molar-refractivity contribution in [3.63, 3.8) is 0 Å². The third-order valence-electron chi connectivity index (χ3n) is 2.15. The highest BCUT2D eigenvalue weighted by Crippen LogP contribution is 2.17. The van der Waals surface area contributed by atoms with Crippen LogP contribution in [0, 0.1) is 5.92 Å². The minimum Gasteiger partial charge on any atom is -0.480 e. The third kappa shape index (κ3) is 4.60. The van der Waals surface area contributed by atoms with Crippen LogP contribution in [0.15, 0.2) is 12.2 Å². The van der Waals surface area contributed by atoms with Crippen LogP contribution >= 0.6 is 0 Å². The van der Waals surface area contributed by atoms with E-state index in [-0.39, 0.29) is 25.0 Å². The molecule has 1 amide bonds. The number of nitrogens with one attached hydrogen (secondary N) is 1. The molecule has 1 aliphatic carbocycles. The molecule has 0 aromatic carbocycles. The third-order valence-corrected chi connectivity index (χ3v) is 2.15. The first-order valence-electron chi connectivity index (χ1n) is 4.92. The summed E-state index contributed by atoms with van der Waals surface area (Å²) in [5.41, 5.74) is 0.